The van der Waals surface area contributed by atoms with Crippen molar-refractivity contribution < 1.29 is 21.7 Å². The van der Waals surface area contributed by atoms with Crippen LogP contribution in [0.25, 0.3) is 11.1 Å². The highest BCUT2D eigenvalue weighted by Crippen LogP contribution is 2.23. The summed E-state index contributed by atoms with van der Waals surface area (Å²) >= 11 is 0. The summed E-state index contributed by atoms with van der Waals surface area (Å²) in [6.07, 6.45) is 1.87. The van der Waals surface area contributed by atoms with Crippen LogP contribution >= 0.6 is 0 Å². The lowest BCUT2D eigenvalue weighted by atomic mass is 10.0. The molecule has 0 atom stereocenters. The van der Waals surface area contributed by atoms with Gasteiger partial charge < -0.3 is 17.3 Å². The van der Waals surface area contributed by atoms with E-state index < -0.39 is 7.25 Å². The highest BCUT2D eigenvalue weighted by atomic mass is 19.5. The summed E-state index contributed by atoms with van der Waals surface area (Å²) in [6.45, 7) is 6.35. The van der Waals surface area contributed by atoms with Gasteiger partial charge in [0.25, 0.3) is 0 Å². The number of rotatable bonds is 3. The van der Waals surface area contributed by atoms with Gasteiger partial charge in [-0.2, -0.15) is 0 Å². The average Bonchev–Trinajstić information content (AvgIpc) is 2.45. The molecule has 1 nitrogen and oxygen atoms in total. The summed E-state index contributed by atoms with van der Waals surface area (Å²) in [5, 5.41) is 0. The van der Waals surface area contributed by atoms with E-state index in [1.165, 1.54) is 16.7 Å². The van der Waals surface area contributed by atoms with Crippen LogP contribution in [0.4, 0.5) is 17.3 Å². The molecule has 2 rings (SSSR count). The Hall–Kier alpha value is -1.85. The average molecular weight is 314 g/mol. The molecule has 22 heavy (non-hydrogen) atoms. The predicted octanol–water partition coefficient (Wildman–Crippen LogP) is 5.96. The molecule has 0 bridgehead atoms. The molecule has 6 heteroatoms. The van der Waals surface area contributed by atoms with Crippen molar-refractivity contribution >= 4 is 7.25 Å². The van der Waals surface area contributed by atoms with Crippen molar-refractivity contribution in [2.75, 3.05) is 0 Å². The third kappa shape index (κ3) is 6.74. The molecule has 0 unspecified atom stereocenters. The molecule has 120 valence electrons. The van der Waals surface area contributed by atoms with Crippen molar-refractivity contribution in [3.63, 3.8) is 0 Å². The van der Waals surface area contributed by atoms with E-state index in [4.69, 9.17) is 4.42 Å². The molecule has 0 saturated carbocycles. The maximum absolute atomic E-state index is 9.75. The first kappa shape index (κ1) is 18.2. The van der Waals surface area contributed by atoms with Crippen molar-refractivity contribution in [1.82, 2.24) is 0 Å². The first-order valence-corrected chi connectivity index (χ1v) is 7.13. The fourth-order valence-corrected chi connectivity index (χ4v) is 1.88. The number of hydrogen-bond acceptors (Lipinski definition) is 0. The molecule has 1 aromatic carbocycles. The highest BCUT2D eigenvalue weighted by Gasteiger charge is 2.20. The monoisotopic (exact) mass is 314 g/mol. The summed E-state index contributed by atoms with van der Waals surface area (Å²) < 4.78 is 44.8. The van der Waals surface area contributed by atoms with Gasteiger partial charge in [0.15, 0.2) is 0 Å². The summed E-state index contributed by atoms with van der Waals surface area (Å²) in [7, 11) is -6.00. The molecule has 0 saturated heterocycles. The molecule has 0 aliphatic rings. The predicted molar refractivity (Wildman–Crippen MR) is 82.2 cm³/mol. The molecular weight excluding hydrogens is 295 g/mol. The van der Waals surface area contributed by atoms with Gasteiger partial charge in [0.1, 0.15) is 0 Å². The van der Waals surface area contributed by atoms with Crippen LogP contribution in [-0.4, -0.2) is 7.25 Å². The van der Waals surface area contributed by atoms with Crippen LogP contribution in [0.5, 0.6) is 0 Å². The Balaban J connectivity index is 0.000000422. The third-order valence-corrected chi connectivity index (χ3v) is 2.98. The van der Waals surface area contributed by atoms with Gasteiger partial charge in [-0.15, -0.1) is 0 Å². The Morgan fingerprint density at radius 1 is 0.818 bits per heavy atom. The van der Waals surface area contributed by atoms with Gasteiger partial charge in [-0.3, -0.25) is 0 Å². The molecule has 1 heterocycles. The SMILES string of the molecule is CCc1cc(-c2ccc(C)cc2)cc(CC)[o+]1.F[B-](F)(F)F. The van der Waals surface area contributed by atoms with Crippen LogP contribution in [0.3, 0.4) is 0 Å². The minimum Gasteiger partial charge on any atom is -0.418 e. The second-order valence-corrected chi connectivity index (χ2v) is 4.85. The van der Waals surface area contributed by atoms with E-state index in [0.29, 0.717) is 0 Å². The second kappa shape index (κ2) is 7.96. The Bertz CT molecular complexity index is 566. The van der Waals surface area contributed by atoms with E-state index in [9.17, 15) is 17.3 Å². The topological polar surface area (TPSA) is 11.3 Å². The van der Waals surface area contributed by atoms with Crippen molar-refractivity contribution in [3.05, 3.63) is 53.5 Å². The molecule has 0 aliphatic heterocycles. The second-order valence-electron chi connectivity index (χ2n) is 4.85. The first-order chi connectivity index (χ1) is 10.2. The van der Waals surface area contributed by atoms with Crippen LogP contribution in [0.2, 0.25) is 0 Å². The maximum atomic E-state index is 9.75. The minimum atomic E-state index is -6.00. The molecule has 0 fully saturated rings. The zero-order chi connectivity index (χ0) is 16.8. The molecule has 0 aliphatic carbocycles. The Morgan fingerprint density at radius 3 is 1.59 bits per heavy atom. The minimum absolute atomic E-state index is 0.937. The van der Waals surface area contributed by atoms with E-state index in [0.717, 1.165) is 24.4 Å². The Morgan fingerprint density at radius 2 is 1.23 bits per heavy atom. The maximum Gasteiger partial charge on any atom is 0.673 e. The molecule has 2 aromatic rings. The van der Waals surface area contributed by atoms with Crippen molar-refractivity contribution in [2.24, 2.45) is 0 Å². The fourth-order valence-electron chi connectivity index (χ4n) is 1.88. The van der Waals surface area contributed by atoms with Crippen LogP contribution in [0, 0.1) is 6.92 Å². The summed E-state index contributed by atoms with van der Waals surface area (Å²) in [5.74, 6) is 2.11. The van der Waals surface area contributed by atoms with E-state index in [1.807, 2.05) is 0 Å². The van der Waals surface area contributed by atoms with E-state index in [1.54, 1.807) is 0 Å². The highest BCUT2D eigenvalue weighted by molar-refractivity contribution is 6.50. The summed E-state index contributed by atoms with van der Waals surface area (Å²) in [4.78, 5) is 0. The van der Waals surface area contributed by atoms with Crippen LogP contribution in [0.15, 0.2) is 40.8 Å². The van der Waals surface area contributed by atoms with Gasteiger partial charge in [-0.1, -0.05) is 43.7 Å². The largest absolute Gasteiger partial charge is 0.673 e. The zero-order valence-electron chi connectivity index (χ0n) is 12.9. The van der Waals surface area contributed by atoms with Crippen molar-refractivity contribution in [2.45, 2.75) is 33.6 Å². The zero-order valence-corrected chi connectivity index (χ0v) is 12.9. The van der Waals surface area contributed by atoms with Gasteiger partial charge in [0.2, 0.25) is 0 Å². The number of benzene rings is 1. The number of aryl methyl sites for hydroxylation is 3. The normalized spacial score (nSPS) is 10.9. The van der Waals surface area contributed by atoms with Gasteiger partial charge in [0.05, 0.1) is 12.8 Å². The Kier molecular flexibility index (Phi) is 6.59. The van der Waals surface area contributed by atoms with E-state index >= 15 is 0 Å². The molecule has 0 N–H and O–H groups in total. The van der Waals surface area contributed by atoms with Crippen molar-refractivity contribution in [1.29, 1.82) is 0 Å². The van der Waals surface area contributed by atoms with Gasteiger partial charge in [0, 0.05) is 12.1 Å². The van der Waals surface area contributed by atoms with Crippen LogP contribution < -0.4 is 0 Å². The van der Waals surface area contributed by atoms with Gasteiger partial charge in [-0.25, -0.2) is 4.42 Å². The first-order valence-electron chi connectivity index (χ1n) is 7.13. The summed E-state index contributed by atoms with van der Waals surface area (Å²) in [5.41, 5.74) is 3.81. The Labute approximate surface area is 128 Å². The summed E-state index contributed by atoms with van der Waals surface area (Å²) in [6, 6.07) is 12.9. The quantitative estimate of drug-likeness (QED) is 0.386. The smallest absolute Gasteiger partial charge is 0.418 e. The standard InChI is InChI=1S/C16H19O.BF4/c1-4-15-10-14(11-16(5-2)17-15)13-8-6-12(3)7-9-13;2-1(3,4)5/h6-11H,4-5H2,1-3H3;/q+1;-1. The van der Waals surface area contributed by atoms with Gasteiger partial charge >= 0.3 is 18.8 Å². The molecule has 0 radical (unpaired) electrons. The van der Waals surface area contributed by atoms with E-state index in [-0.39, 0.29) is 0 Å². The van der Waals surface area contributed by atoms with E-state index in [2.05, 4.69) is 57.2 Å². The molecule has 0 amide bonds. The lowest BCUT2D eigenvalue weighted by Gasteiger charge is -2.01. The van der Waals surface area contributed by atoms with Crippen molar-refractivity contribution in [3.8, 4) is 11.1 Å². The molecule has 0 spiro atoms. The number of halogens is 4. The molecular formula is C16H19BF4O. The van der Waals surface area contributed by atoms with Crippen LogP contribution in [-0.2, 0) is 12.8 Å². The lowest BCUT2D eigenvalue weighted by molar-refractivity contribution is 0.368. The fraction of sp³-hybridized carbons (Fsp3) is 0.312. The lowest BCUT2D eigenvalue weighted by Crippen LogP contribution is -2.02. The number of hydrogen-bond donors (Lipinski definition) is 0. The van der Waals surface area contributed by atoms with Gasteiger partial charge in [-0.05, 0) is 18.1 Å². The molecule has 1 aromatic heterocycles. The third-order valence-electron chi connectivity index (χ3n) is 2.98. The van der Waals surface area contributed by atoms with Crippen LogP contribution in [0.1, 0.15) is 30.9 Å².